The minimum atomic E-state index is -0.938. The van der Waals surface area contributed by atoms with Gasteiger partial charge in [0.25, 0.3) is 0 Å². The van der Waals surface area contributed by atoms with Gasteiger partial charge in [-0.05, 0) is 33.6 Å². The van der Waals surface area contributed by atoms with Gasteiger partial charge in [-0.2, -0.15) is 0 Å². The second-order valence-electron chi connectivity index (χ2n) is 4.53. The molecule has 2 atom stereocenters. The second-order valence-corrected chi connectivity index (χ2v) is 6.53. The fourth-order valence-corrected chi connectivity index (χ4v) is 1.45. The van der Waals surface area contributed by atoms with Crippen molar-refractivity contribution >= 4 is 11.0 Å². The summed E-state index contributed by atoms with van der Waals surface area (Å²) in [6, 6.07) is 0.310. The molecule has 1 N–H and O–H groups in total. The Kier molecular flexibility index (Phi) is 4.42. The van der Waals surface area contributed by atoms with Crippen LogP contribution in [0.1, 0.15) is 41.5 Å². The molecule has 0 rings (SSSR count). The molecular formula is C9H21NOS. The van der Waals surface area contributed by atoms with E-state index in [1.54, 1.807) is 0 Å². The summed E-state index contributed by atoms with van der Waals surface area (Å²) in [6.07, 6.45) is 0. The van der Waals surface area contributed by atoms with Gasteiger partial charge >= 0.3 is 0 Å². The van der Waals surface area contributed by atoms with Crippen molar-refractivity contribution in [2.24, 2.45) is 5.92 Å². The van der Waals surface area contributed by atoms with E-state index in [1.165, 1.54) is 0 Å². The van der Waals surface area contributed by atoms with Crippen molar-refractivity contribution in [1.29, 1.82) is 0 Å². The third kappa shape index (κ3) is 4.21. The molecule has 0 amide bonds. The van der Waals surface area contributed by atoms with Gasteiger partial charge in [-0.15, -0.1) is 0 Å². The SMILES string of the molecule is CC(C)C(C)NS(=O)C(C)(C)C. The van der Waals surface area contributed by atoms with Crippen molar-refractivity contribution in [3.63, 3.8) is 0 Å². The third-order valence-electron chi connectivity index (χ3n) is 1.85. The maximum absolute atomic E-state index is 11.6. The van der Waals surface area contributed by atoms with Crippen LogP contribution in [0.3, 0.4) is 0 Å². The molecule has 0 aromatic carbocycles. The van der Waals surface area contributed by atoms with E-state index in [1.807, 2.05) is 20.8 Å². The number of hydrogen-bond acceptors (Lipinski definition) is 1. The fraction of sp³-hybridized carbons (Fsp3) is 1.00. The van der Waals surface area contributed by atoms with Crippen LogP contribution in [0.15, 0.2) is 0 Å². The zero-order valence-electron chi connectivity index (χ0n) is 8.97. The molecule has 0 fully saturated rings. The zero-order chi connectivity index (χ0) is 9.94. The first-order valence-electron chi connectivity index (χ1n) is 4.43. The van der Waals surface area contributed by atoms with Crippen LogP contribution in [0.4, 0.5) is 0 Å². The fourth-order valence-electron chi connectivity index (χ4n) is 0.482. The second kappa shape index (κ2) is 4.38. The van der Waals surface area contributed by atoms with Crippen LogP contribution in [0.2, 0.25) is 0 Å². The maximum Gasteiger partial charge on any atom is 0.0972 e. The highest BCUT2D eigenvalue weighted by Crippen LogP contribution is 2.11. The lowest BCUT2D eigenvalue weighted by atomic mass is 10.1. The monoisotopic (exact) mass is 191 g/mol. The summed E-state index contributed by atoms with van der Waals surface area (Å²) in [4.78, 5) is 0. The van der Waals surface area contributed by atoms with E-state index < -0.39 is 11.0 Å². The van der Waals surface area contributed by atoms with E-state index in [2.05, 4.69) is 25.5 Å². The molecule has 0 spiro atoms. The van der Waals surface area contributed by atoms with E-state index in [-0.39, 0.29) is 4.75 Å². The van der Waals surface area contributed by atoms with Gasteiger partial charge in [0, 0.05) is 6.04 Å². The van der Waals surface area contributed by atoms with Gasteiger partial charge in [0.2, 0.25) is 0 Å². The van der Waals surface area contributed by atoms with Gasteiger partial charge in [-0.25, -0.2) is 8.93 Å². The summed E-state index contributed by atoms with van der Waals surface area (Å²) >= 11 is 0. The van der Waals surface area contributed by atoms with Crippen molar-refractivity contribution in [2.45, 2.75) is 52.3 Å². The minimum absolute atomic E-state index is 0.164. The van der Waals surface area contributed by atoms with Gasteiger partial charge in [0.15, 0.2) is 0 Å². The number of rotatable bonds is 3. The van der Waals surface area contributed by atoms with Crippen LogP contribution in [0.25, 0.3) is 0 Å². The summed E-state index contributed by atoms with van der Waals surface area (Å²) in [5, 5.41) is 0. The Labute approximate surface area is 78.7 Å². The first kappa shape index (κ1) is 12.1. The van der Waals surface area contributed by atoms with Crippen molar-refractivity contribution < 1.29 is 4.21 Å². The summed E-state index contributed by atoms with van der Waals surface area (Å²) in [5.41, 5.74) is 0. The summed E-state index contributed by atoms with van der Waals surface area (Å²) in [5.74, 6) is 0.524. The highest BCUT2D eigenvalue weighted by atomic mass is 32.2. The standard InChI is InChI=1S/C9H21NOS/c1-7(2)8(3)10-12(11)9(4,5)6/h7-8,10H,1-6H3. The molecule has 12 heavy (non-hydrogen) atoms. The predicted molar refractivity (Wildman–Crippen MR) is 55.3 cm³/mol. The zero-order valence-corrected chi connectivity index (χ0v) is 9.79. The molecular weight excluding hydrogens is 170 g/mol. The topological polar surface area (TPSA) is 29.1 Å². The molecule has 0 radical (unpaired) electrons. The van der Waals surface area contributed by atoms with E-state index in [9.17, 15) is 4.21 Å². The molecule has 0 aromatic heterocycles. The van der Waals surface area contributed by atoms with Crippen molar-refractivity contribution in [3.05, 3.63) is 0 Å². The Morgan fingerprint density at radius 1 is 1.17 bits per heavy atom. The Morgan fingerprint density at radius 2 is 1.58 bits per heavy atom. The molecule has 2 unspecified atom stereocenters. The Bertz CT molecular complexity index is 160. The highest BCUT2D eigenvalue weighted by molar-refractivity contribution is 7.84. The Morgan fingerprint density at radius 3 is 1.83 bits per heavy atom. The van der Waals surface area contributed by atoms with Crippen molar-refractivity contribution in [1.82, 2.24) is 4.72 Å². The van der Waals surface area contributed by atoms with Crippen molar-refractivity contribution in [3.8, 4) is 0 Å². The first-order valence-corrected chi connectivity index (χ1v) is 5.58. The molecule has 0 bridgehead atoms. The average Bonchev–Trinajstić information content (AvgIpc) is 1.85. The molecule has 0 heterocycles. The Balaban J connectivity index is 4.02. The number of nitrogens with one attached hydrogen (secondary N) is 1. The normalized spacial score (nSPS) is 17.9. The van der Waals surface area contributed by atoms with Crippen LogP contribution in [0.5, 0.6) is 0 Å². The predicted octanol–water partition coefficient (Wildman–Crippen LogP) is 2.08. The van der Waals surface area contributed by atoms with Gasteiger partial charge in [-0.3, -0.25) is 0 Å². The summed E-state index contributed by atoms with van der Waals surface area (Å²) in [6.45, 7) is 12.2. The molecule has 0 saturated carbocycles. The van der Waals surface area contributed by atoms with Crippen LogP contribution in [0, 0.1) is 5.92 Å². The summed E-state index contributed by atoms with van der Waals surface area (Å²) < 4.78 is 14.5. The lowest BCUT2D eigenvalue weighted by Gasteiger charge is -2.23. The molecule has 0 aliphatic heterocycles. The smallest absolute Gasteiger partial charge is 0.0972 e. The molecule has 0 aromatic rings. The van der Waals surface area contributed by atoms with E-state index >= 15 is 0 Å². The van der Waals surface area contributed by atoms with E-state index in [4.69, 9.17) is 0 Å². The lowest BCUT2D eigenvalue weighted by Crippen LogP contribution is -2.40. The van der Waals surface area contributed by atoms with Gasteiger partial charge in [-0.1, -0.05) is 13.8 Å². The molecule has 0 aliphatic carbocycles. The van der Waals surface area contributed by atoms with Gasteiger partial charge < -0.3 is 0 Å². The quantitative estimate of drug-likeness (QED) is 0.727. The van der Waals surface area contributed by atoms with Crippen LogP contribution in [-0.2, 0) is 11.0 Å². The third-order valence-corrected chi connectivity index (χ3v) is 3.55. The van der Waals surface area contributed by atoms with Gasteiger partial charge in [0.1, 0.15) is 0 Å². The molecule has 0 aliphatic rings. The minimum Gasteiger partial charge on any atom is -0.242 e. The van der Waals surface area contributed by atoms with Crippen LogP contribution in [-0.4, -0.2) is 15.0 Å². The molecule has 2 nitrogen and oxygen atoms in total. The van der Waals surface area contributed by atoms with Gasteiger partial charge in [0.05, 0.1) is 15.7 Å². The van der Waals surface area contributed by atoms with E-state index in [0.29, 0.717) is 12.0 Å². The Hall–Kier alpha value is 0.110. The van der Waals surface area contributed by atoms with Crippen molar-refractivity contribution in [2.75, 3.05) is 0 Å². The summed E-state index contributed by atoms with van der Waals surface area (Å²) in [7, 11) is -0.938. The first-order chi connectivity index (χ1) is 5.25. The number of hydrogen-bond donors (Lipinski definition) is 1. The van der Waals surface area contributed by atoms with Crippen LogP contribution >= 0.6 is 0 Å². The van der Waals surface area contributed by atoms with Crippen LogP contribution < -0.4 is 4.72 Å². The molecule has 0 saturated heterocycles. The molecule has 74 valence electrons. The highest BCUT2D eigenvalue weighted by Gasteiger charge is 2.21. The molecule has 3 heteroatoms. The largest absolute Gasteiger partial charge is 0.242 e. The van der Waals surface area contributed by atoms with E-state index in [0.717, 1.165) is 0 Å². The average molecular weight is 191 g/mol. The maximum atomic E-state index is 11.6. The lowest BCUT2D eigenvalue weighted by molar-refractivity contribution is 0.487.